The highest BCUT2D eigenvalue weighted by molar-refractivity contribution is 5.96. The van der Waals surface area contributed by atoms with Gasteiger partial charge in [-0.05, 0) is 41.7 Å². The number of fused-ring (bicyclic) bond motifs is 1. The summed E-state index contributed by atoms with van der Waals surface area (Å²) < 4.78 is 0. The maximum Gasteiger partial charge on any atom is 0.220 e. The number of carbonyl (C=O) groups is 1. The van der Waals surface area contributed by atoms with Gasteiger partial charge in [-0.1, -0.05) is 38.1 Å². The second kappa shape index (κ2) is 8.22. The summed E-state index contributed by atoms with van der Waals surface area (Å²) in [7, 11) is 0. The van der Waals surface area contributed by atoms with Crippen molar-refractivity contribution in [2.24, 2.45) is 0 Å². The van der Waals surface area contributed by atoms with Crippen molar-refractivity contribution in [1.29, 1.82) is 0 Å². The van der Waals surface area contributed by atoms with E-state index in [9.17, 15) is 4.79 Å². The number of hydrogen-bond acceptors (Lipinski definition) is 6. The minimum absolute atomic E-state index is 0.0365. The van der Waals surface area contributed by atoms with Crippen LogP contribution in [-0.2, 0) is 19.4 Å². The van der Waals surface area contributed by atoms with Crippen LogP contribution in [0.15, 0.2) is 42.6 Å². The quantitative estimate of drug-likeness (QED) is 0.653. The Kier molecular flexibility index (Phi) is 5.48. The van der Waals surface area contributed by atoms with E-state index >= 15 is 0 Å². The lowest BCUT2D eigenvalue weighted by Gasteiger charge is -2.29. The lowest BCUT2D eigenvalue weighted by molar-refractivity contribution is 0.0988. The van der Waals surface area contributed by atoms with Crippen molar-refractivity contribution in [1.82, 2.24) is 15.0 Å². The Morgan fingerprint density at radius 3 is 2.83 bits per heavy atom. The highest BCUT2D eigenvalue weighted by Gasteiger charge is 2.21. The number of anilines is 2. The molecule has 0 saturated carbocycles. The fourth-order valence-corrected chi connectivity index (χ4v) is 3.82. The van der Waals surface area contributed by atoms with Crippen LogP contribution in [-0.4, -0.2) is 27.3 Å². The fourth-order valence-electron chi connectivity index (χ4n) is 3.82. The van der Waals surface area contributed by atoms with Gasteiger partial charge in [-0.2, -0.15) is 0 Å². The molecule has 1 aliphatic rings. The molecule has 2 aromatic heterocycles. The van der Waals surface area contributed by atoms with E-state index in [0.717, 1.165) is 41.2 Å². The molecule has 4 rings (SSSR count). The van der Waals surface area contributed by atoms with Gasteiger partial charge < -0.3 is 10.6 Å². The van der Waals surface area contributed by atoms with E-state index in [-0.39, 0.29) is 5.78 Å². The lowest BCUT2D eigenvalue weighted by atomic mass is 9.98. The van der Waals surface area contributed by atoms with E-state index in [0.29, 0.717) is 30.5 Å². The lowest BCUT2D eigenvalue weighted by Crippen LogP contribution is -2.32. The van der Waals surface area contributed by atoms with Gasteiger partial charge in [0, 0.05) is 37.7 Å². The van der Waals surface area contributed by atoms with Gasteiger partial charge in [-0.25, -0.2) is 15.0 Å². The van der Waals surface area contributed by atoms with Crippen molar-refractivity contribution < 1.29 is 4.79 Å². The van der Waals surface area contributed by atoms with Crippen LogP contribution in [0.4, 0.5) is 11.8 Å². The molecule has 6 nitrogen and oxygen atoms in total. The van der Waals surface area contributed by atoms with Crippen LogP contribution >= 0.6 is 0 Å². The van der Waals surface area contributed by atoms with Gasteiger partial charge in [0.25, 0.3) is 0 Å². The second-order valence-electron chi connectivity index (χ2n) is 8.26. The molecular weight excluding hydrogens is 374 g/mol. The summed E-state index contributed by atoms with van der Waals surface area (Å²) in [4.78, 5) is 28.3. The van der Waals surface area contributed by atoms with Crippen molar-refractivity contribution in [2.75, 3.05) is 17.2 Å². The van der Waals surface area contributed by atoms with E-state index < -0.39 is 0 Å². The molecule has 154 valence electrons. The number of pyridine rings is 1. The topological polar surface area (TPSA) is 85.0 Å². The number of nitrogen functional groups attached to an aromatic ring is 1. The third-order valence-corrected chi connectivity index (χ3v) is 5.50. The Morgan fingerprint density at radius 2 is 2.03 bits per heavy atom. The molecule has 3 aromatic rings. The molecule has 0 atom stereocenters. The van der Waals surface area contributed by atoms with Gasteiger partial charge in [-0.15, -0.1) is 0 Å². The summed E-state index contributed by atoms with van der Waals surface area (Å²) in [5, 5.41) is 0. The first-order valence-electron chi connectivity index (χ1n) is 10.3. The number of carbonyl (C=O) groups excluding carboxylic acids is 1. The number of nitrogens with zero attached hydrogens (tertiary/aromatic N) is 4. The first kappa shape index (κ1) is 20.0. The van der Waals surface area contributed by atoms with Gasteiger partial charge in [0.1, 0.15) is 11.5 Å². The smallest absolute Gasteiger partial charge is 0.220 e. The number of hydrogen-bond donors (Lipinski definition) is 1. The molecule has 0 fully saturated rings. The van der Waals surface area contributed by atoms with Crippen molar-refractivity contribution in [3.8, 4) is 0 Å². The first-order chi connectivity index (χ1) is 14.4. The molecule has 0 radical (unpaired) electrons. The number of rotatable bonds is 5. The second-order valence-corrected chi connectivity index (χ2v) is 8.26. The molecule has 6 heteroatoms. The van der Waals surface area contributed by atoms with Crippen LogP contribution in [0.5, 0.6) is 0 Å². The Labute approximate surface area is 177 Å². The monoisotopic (exact) mass is 401 g/mol. The van der Waals surface area contributed by atoms with Crippen LogP contribution in [0.1, 0.15) is 58.2 Å². The third-order valence-electron chi connectivity index (χ3n) is 5.50. The average molecular weight is 402 g/mol. The van der Waals surface area contributed by atoms with Crippen LogP contribution < -0.4 is 10.6 Å². The van der Waals surface area contributed by atoms with Gasteiger partial charge in [-0.3, -0.25) is 4.79 Å². The van der Waals surface area contributed by atoms with E-state index in [1.54, 1.807) is 6.20 Å². The predicted octanol–water partition coefficient (Wildman–Crippen LogP) is 3.87. The van der Waals surface area contributed by atoms with Crippen LogP contribution in [0.2, 0.25) is 0 Å². The Bertz CT molecular complexity index is 1090. The highest BCUT2D eigenvalue weighted by atomic mass is 16.1. The zero-order valence-electron chi connectivity index (χ0n) is 17.7. The van der Waals surface area contributed by atoms with Gasteiger partial charge >= 0.3 is 0 Å². The predicted molar refractivity (Wildman–Crippen MR) is 119 cm³/mol. The summed E-state index contributed by atoms with van der Waals surface area (Å²) in [6.07, 6.45) is 2.92. The zero-order valence-corrected chi connectivity index (χ0v) is 17.7. The molecule has 0 spiro atoms. The molecule has 1 aromatic carbocycles. The minimum Gasteiger partial charge on any atom is -0.368 e. The number of benzene rings is 1. The maximum absolute atomic E-state index is 13.0. The van der Waals surface area contributed by atoms with Crippen molar-refractivity contribution >= 4 is 17.5 Å². The van der Waals surface area contributed by atoms with Crippen LogP contribution in [0, 0.1) is 6.92 Å². The Balaban J connectivity index is 1.55. The van der Waals surface area contributed by atoms with Crippen LogP contribution in [0.25, 0.3) is 0 Å². The molecule has 0 aliphatic carbocycles. The summed E-state index contributed by atoms with van der Waals surface area (Å²) in [5.74, 6) is 1.60. The fraction of sp³-hybridized carbons (Fsp3) is 0.333. The van der Waals surface area contributed by atoms with Crippen molar-refractivity contribution in [2.45, 2.75) is 46.1 Å². The first-order valence-corrected chi connectivity index (χ1v) is 10.3. The van der Waals surface area contributed by atoms with Gasteiger partial charge in [0.05, 0.1) is 5.69 Å². The zero-order chi connectivity index (χ0) is 21.3. The standard InChI is InChI=1S/C24H27N5O/c1-15(2)18-6-4-5-17(11-18)12-22(30)21-9-16(3)10-23(27-21)29-8-7-20-19(14-29)13-26-24(25)28-20/h4-6,9-11,13,15H,7-8,12,14H2,1-3H3,(H2,25,26,28). The van der Waals surface area contributed by atoms with E-state index in [4.69, 9.17) is 10.7 Å². The molecule has 0 bridgehead atoms. The van der Waals surface area contributed by atoms with Gasteiger partial charge in [0.15, 0.2) is 5.78 Å². The summed E-state index contributed by atoms with van der Waals surface area (Å²) in [6, 6.07) is 12.2. The SMILES string of the molecule is Cc1cc(C(=O)Cc2cccc(C(C)C)c2)nc(N2CCc3nc(N)ncc3C2)c1. The highest BCUT2D eigenvalue weighted by Crippen LogP contribution is 2.24. The van der Waals surface area contributed by atoms with Crippen molar-refractivity contribution in [3.05, 3.63) is 76.2 Å². The average Bonchev–Trinajstić information content (AvgIpc) is 2.73. The van der Waals surface area contributed by atoms with Crippen molar-refractivity contribution in [3.63, 3.8) is 0 Å². The summed E-state index contributed by atoms with van der Waals surface area (Å²) >= 11 is 0. The van der Waals surface area contributed by atoms with E-state index in [1.807, 2.05) is 31.2 Å². The molecule has 0 saturated heterocycles. The molecule has 1 aliphatic heterocycles. The normalized spacial score (nSPS) is 13.4. The number of aryl methyl sites for hydroxylation is 1. The Hall–Kier alpha value is -3.28. The summed E-state index contributed by atoms with van der Waals surface area (Å²) in [6.45, 7) is 7.76. The van der Waals surface area contributed by atoms with Crippen LogP contribution in [0.3, 0.4) is 0 Å². The number of nitrogens with two attached hydrogens (primary N) is 1. The largest absolute Gasteiger partial charge is 0.368 e. The molecule has 3 heterocycles. The molecular formula is C24H27N5O. The molecule has 0 amide bonds. The number of ketones is 1. The molecule has 30 heavy (non-hydrogen) atoms. The van der Waals surface area contributed by atoms with E-state index in [2.05, 4.69) is 40.8 Å². The van der Waals surface area contributed by atoms with E-state index in [1.165, 1.54) is 5.56 Å². The molecule has 2 N–H and O–H groups in total. The Morgan fingerprint density at radius 1 is 1.20 bits per heavy atom. The van der Waals surface area contributed by atoms with Gasteiger partial charge in [0.2, 0.25) is 5.95 Å². The third kappa shape index (κ3) is 4.32. The number of aromatic nitrogens is 3. The molecule has 0 unspecified atom stereocenters. The maximum atomic E-state index is 13.0. The minimum atomic E-state index is 0.0365. The number of Topliss-reactive ketones (excluding diaryl/α,β-unsaturated/α-hetero) is 1. The summed E-state index contributed by atoms with van der Waals surface area (Å²) in [5.41, 5.74) is 11.6.